The summed E-state index contributed by atoms with van der Waals surface area (Å²) in [5, 5.41) is 10.0. The molecule has 12 heteroatoms. The summed E-state index contributed by atoms with van der Waals surface area (Å²) in [7, 11) is 0. The van der Waals surface area contributed by atoms with E-state index in [0.717, 1.165) is 46.4 Å². The van der Waals surface area contributed by atoms with E-state index in [-0.39, 0.29) is 18.4 Å². The molecule has 2 aromatic carbocycles. The summed E-state index contributed by atoms with van der Waals surface area (Å²) in [6, 6.07) is 15.0. The van der Waals surface area contributed by atoms with E-state index >= 15 is 0 Å². The number of benzene rings is 2. The van der Waals surface area contributed by atoms with Gasteiger partial charge >= 0.3 is 6.03 Å². The minimum Gasteiger partial charge on any atom is -0.369 e. The zero-order valence-corrected chi connectivity index (χ0v) is 24.1. The summed E-state index contributed by atoms with van der Waals surface area (Å²) in [5.41, 5.74) is 5.64. The molecule has 0 spiro atoms. The molecule has 0 saturated carbocycles. The number of halogens is 1. The van der Waals surface area contributed by atoms with Crippen LogP contribution in [-0.4, -0.2) is 70.1 Å². The number of hydrogen-bond acceptors (Lipinski definition) is 8. The fraction of sp³-hybridized carbons (Fsp3) is 0.379. The molecule has 2 aliphatic heterocycles. The number of carbonyl (C=O) groups excluding carboxylic acids is 1. The Morgan fingerprint density at radius 3 is 2.39 bits per heavy atom. The third-order valence-electron chi connectivity index (χ3n) is 7.02. The number of rotatable bonds is 9. The molecular formula is C29H32BrN7O4. The molecule has 1 atom stereocenters. The number of amides is 2. The van der Waals surface area contributed by atoms with Crippen LogP contribution in [0.4, 0.5) is 16.2 Å². The molecule has 0 radical (unpaired) electrons. The molecule has 41 heavy (non-hydrogen) atoms. The van der Waals surface area contributed by atoms with Gasteiger partial charge in [-0.2, -0.15) is 0 Å². The Bertz CT molecular complexity index is 1470. The van der Waals surface area contributed by atoms with E-state index in [1.165, 1.54) is 5.56 Å². The highest BCUT2D eigenvalue weighted by atomic mass is 79.9. The number of fused-ring (bicyclic) bond motifs is 1. The van der Waals surface area contributed by atoms with Crippen LogP contribution in [-0.2, 0) is 27.2 Å². The predicted molar refractivity (Wildman–Crippen MR) is 159 cm³/mol. The summed E-state index contributed by atoms with van der Waals surface area (Å²) in [4.78, 5) is 27.0. The largest absolute Gasteiger partial charge is 0.369 e. The Morgan fingerprint density at radius 2 is 1.71 bits per heavy atom. The topological polar surface area (TPSA) is 124 Å². The van der Waals surface area contributed by atoms with Crippen molar-refractivity contribution in [3.05, 3.63) is 66.1 Å². The molecule has 2 saturated heterocycles. The minimum absolute atomic E-state index is 0.213. The van der Waals surface area contributed by atoms with Crippen molar-refractivity contribution in [3.63, 3.8) is 0 Å². The molecule has 4 heterocycles. The van der Waals surface area contributed by atoms with Crippen LogP contribution in [0.15, 0.2) is 54.9 Å². The molecule has 0 bridgehead atoms. The number of hydrogen-bond donors (Lipinski definition) is 3. The number of anilines is 2. The van der Waals surface area contributed by atoms with E-state index in [1.807, 2.05) is 53.1 Å². The number of alkyl halides is 1. The van der Waals surface area contributed by atoms with Gasteiger partial charge in [0, 0.05) is 48.3 Å². The van der Waals surface area contributed by atoms with E-state index in [0.29, 0.717) is 50.8 Å². The zero-order valence-electron chi connectivity index (χ0n) is 22.5. The van der Waals surface area contributed by atoms with Crippen molar-refractivity contribution in [1.82, 2.24) is 24.8 Å². The third-order valence-corrected chi connectivity index (χ3v) is 7.41. The maximum absolute atomic E-state index is 12.6. The van der Waals surface area contributed by atoms with E-state index < -0.39 is 0 Å². The van der Waals surface area contributed by atoms with E-state index in [2.05, 4.69) is 36.9 Å². The zero-order chi connectivity index (χ0) is 28.0. The first-order chi connectivity index (χ1) is 20.2. The van der Waals surface area contributed by atoms with Crippen molar-refractivity contribution in [2.45, 2.75) is 31.8 Å². The van der Waals surface area contributed by atoms with E-state index in [9.17, 15) is 4.79 Å². The lowest BCUT2D eigenvalue weighted by Gasteiger charge is -2.23. The second-order valence-corrected chi connectivity index (χ2v) is 10.7. The number of imidazole rings is 1. The second kappa shape index (κ2) is 13.0. The Morgan fingerprint density at radius 1 is 0.976 bits per heavy atom. The summed E-state index contributed by atoms with van der Waals surface area (Å²) in [6.45, 7) is 3.95. The van der Waals surface area contributed by atoms with Gasteiger partial charge in [0.15, 0.2) is 17.8 Å². The number of carbonyl (C=O) groups is 1. The molecule has 4 aromatic rings. The van der Waals surface area contributed by atoms with Gasteiger partial charge in [-0.25, -0.2) is 19.7 Å². The van der Waals surface area contributed by atoms with Gasteiger partial charge < -0.3 is 34.7 Å². The normalized spacial score (nSPS) is 17.6. The van der Waals surface area contributed by atoms with Crippen LogP contribution >= 0.6 is 15.9 Å². The molecule has 2 fully saturated rings. The number of aromatic nitrogens is 4. The maximum Gasteiger partial charge on any atom is 0.323 e. The summed E-state index contributed by atoms with van der Waals surface area (Å²) < 4.78 is 19.3. The molecule has 0 aliphatic carbocycles. The van der Waals surface area contributed by atoms with Crippen LogP contribution in [0.1, 0.15) is 23.8 Å². The second-order valence-electron chi connectivity index (χ2n) is 9.86. The van der Waals surface area contributed by atoms with Crippen molar-refractivity contribution >= 4 is 44.5 Å². The first kappa shape index (κ1) is 27.7. The molecule has 2 amide bonds. The van der Waals surface area contributed by atoms with E-state index in [4.69, 9.17) is 24.2 Å². The molecular weight excluding hydrogens is 590 g/mol. The Kier molecular flexibility index (Phi) is 8.82. The number of morpholine rings is 1. The van der Waals surface area contributed by atoms with Crippen LogP contribution in [0.25, 0.3) is 22.6 Å². The highest BCUT2D eigenvalue weighted by Gasteiger charge is 2.25. The number of nitrogens with zero attached hydrogens (tertiary/aromatic N) is 4. The van der Waals surface area contributed by atoms with Crippen molar-refractivity contribution < 1.29 is 19.0 Å². The lowest BCUT2D eigenvalue weighted by Crippen LogP contribution is -2.34. The number of nitrogens with one attached hydrogen (secondary N) is 3. The van der Waals surface area contributed by atoms with Gasteiger partial charge in [0.2, 0.25) is 0 Å². The predicted octanol–water partition coefficient (Wildman–Crippen LogP) is 4.50. The summed E-state index contributed by atoms with van der Waals surface area (Å²) in [5.74, 6) is 0.566. The van der Waals surface area contributed by atoms with Gasteiger partial charge in [-0.1, -0.05) is 28.1 Å². The fourth-order valence-corrected chi connectivity index (χ4v) is 5.36. The standard InChI is InChI=1S/C29H32BrN7O4/c30-11-9-19-1-5-21(6-2-19)33-29(38)34-22-7-3-20(4-8-22)27-35-25(23-17-31-12-14-39-23)26-28(36-27)37(18-32-26)13-10-24-40-15-16-41-24/h1-8,18,23-24,31H,9-17H2,(H2,33,34,38). The van der Waals surface area contributed by atoms with Crippen LogP contribution in [0.5, 0.6) is 0 Å². The van der Waals surface area contributed by atoms with Crippen molar-refractivity contribution in [2.24, 2.45) is 0 Å². The van der Waals surface area contributed by atoms with Gasteiger partial charge in [0.05, 0.1) is 26.1 Å². The first-order valence-electron chi connectivity index (χ1n) is 13.8. The molecule has 6 rings (SSSR count). The first-order valence-corrected chi connectivity index (χ1v) is 14.9. The Labute approximate surface area is 246 Å². The number of ether oxygens (including phenoxy) is 3. The molecule has 2 aromatic heterocycles. The van der Waals surface area contributed by atoms with Crippen LogP contribution in [0.2, 0.25) is 0 Å². The molecule has 1 unspecified atom stereocenters. The third kappa shape index (κ3) is 6.74. The summed E-state index contributed by atoms with van der Waals surface area (Å²) in [6.07, 6.45) is 2.99. The van der Waals surface area contributed by atoms with Crippen molar-refractivity contribution in [3.8, 4) is 11.4 Å². The smallest absolute Gasteiger partial charge is 0.323 e. The molecule has 214 valence electrons. The van der Waals surface area contributed by atoms with Crippen LogP contribution < -0.4 is 16.0 Å². The Balaban J connectivity index is 1.20. The van der Waals surface area contributed by atoms with Crippen molar-refractivity contribution in [1.29, 1.82) is 0 Å². The average molecular weight is 623 g/mol. The summed E-state index contributed by atoms with van der Waals surface area (Å²) >= 11 is 3.45. The molecule has 2 aliphatic rings. The van der Waals surface area contributed by atoms with E-state index in [1.54, 1.807) is 6.33 Å². The van der Waals surface area contributed by atoms with Gasteiger partial charge in [-0.15, -0.1) is 0 Å². The number of urea groups is 1. The molecule has 11 nitrogen and oxygen atoms in total. The van der Waals surface area contributed by atoms with Crippen molar-refractivity contribution in [2.75, 3.05) is 48.9 Å². The highest BCUT2D eigenvalue weighted by Crippen LogP contribution is 2.28. The average Bonchev–Trinajstić information content (AvgIpc) is 3.68. The minimum atomic E-state index is -0.313. The lowest BCUT2D eigenvalue weighted by atomic mass is 10.1. The monoisotopic (exact) mass is 621 g/mol. The Hall–Kier alpha value is -3.42. The van der Waals surface area contributed by atoms with Gasteiger partial charge in [-0.05, 0) is 48.4 Å². The highest BCUT2D eigenvalue weighted by molar-refractivity contribution is 9.09. The van der Waals surface area contributed by atoms with Crippen LogP contribution in [0.3, 0.4) is 0 Å². The number of aryl methyl sites for hydroxylation is 2. The van der Waals surface area contributed by atoms with Gasteiger partial charge in [0.25, 0.3) is 0 Å². The SMILES string of the molecule is O=C(Nc1ccc(CCBr)cc1)Nc1ccc(-c2nc(C3CNCCO3)c3ncn(CCC4OCCO4)c3n2)cc1. The van der Waals surface area contributed by atoms with Crippen LogP contribution in [0, 0.1) is 0 Å². The lowest BCUT2D eigenvalue weighted by molar-refractivity contribution is -0.0489. The maximum atomic E-state index is 12.6. The quantitative estimate of drug-likeness (QED) is 0.233. The van der Waals surface area contributed by atoms with Gasteiger partial charge in [0.1, 0.15) is 17.3 Å². The van der Waals surface area contributed by atoms with Gasteiger partial charge in [-0.3, -0.25) is 0 Å². The fourth-order valence-electron chi connectivity index (χ4n) is 4.90. The molecule has 3 N–H and O–H groups in total.